The van der Waals surface area contributed by atoms with Crippen LogP contribution >= 0.6 is 0 Å². The van der Waals surface area contributed by atoms with Crippen LogP contribution in [-0.2, 0) is 0 Å². The molecule has 0 heterocycles. The third-order valence-electron chi connectivity index (χ3n) is 3.25. The first-order valence-corrected chi connectivity index (χ1v) is 6.19. The van der Waals surface area contributed by atoms with E-state index in [0.717, 1.165) is 11.1 Å². The van der Waals surface area contributed by atoms with Gasteiger partial charge in [0.25, 0.3) is 0 Å². The largest absolute Gasteiger partial charge is 0.294 e. The molecule has 0 N–H and O–H groups in total. The first-order chi connectivity index (χ1) is 8.50. The molecular formula is C17H18O. The Morgan fingerprint density at radius 2 is 1.50 bits per heavy atom. The summed E-state index contributed by atoms with van der Waals surface area (Å²) in [6, 6.07) is 12.2. The van der Waals surface area contributed by atoms with Crippen LogP contribution in [0.1, 0.15) is 34.0 Å². The highest BCUT2D eigenvalue weighted by molar-refractivity contribution is 6.01. The van der Waals surface area contributed by atoms with Crippen molar-refractivity contribution in [1.82, 2.24) is 0 Å². The van der Waals surface area contributed by atoms with Gasteiger partial charge in [-0.3, -0.25) is 4.79 Å². The van der Waals surface area contributed by atoms with Crippen LogP contribution in [-0.4, -0.2) is 5.78 Å². The molecule has 0 radical (unpaired) electrons. The number of benzene rings is 2. The van der Waals surface area contributed by atoms with Crippen LogP contribution in [0.2, 0.25) is 0 Å². The second kappa shape index (κ2) is 4.77. The maximum absolute atomic E-state index is 11.7. The quantitative estimate of drug-likeness (QED) is 0.705. The second-order valence-corrected chi connectivity index (χ2v) is 4.88. The molecule has 0 fully saturated rings. The van der Waals surface area contributed by atoms with E-state index in [1.165, 1.54) is 22.3 Å². The van der Waals surface area contributed by atoms with Gasteiger partial charge in [-0.2, -0.15) is 0 Å². The van der Waals surface area contributed by atoms with Gasteiger partial charge in [-0.1, -0.05) is 42.0 Å². The van der Waals surface area contributed by atoms with Crippen molar-refractivity contribution in [1.29, 1.82) is 0 Å². The molecular weight excluding hydrogens is 220 g/mol. The molecule has 0 unspecified atom stereocenters. The van der Waals surface area contributed by atoms with E-state index in [1.54, 1.807) is 6.92 Å². The highest BCUT2D eigenvalue weighted by Gasteiger charge is 2.12. The Labute approximate surface area is 108 Å². The number of hydrogen-bond donors (Lipinski definition) is 0. The van der Waals surface area contributed by atoms with Gasteiger partial charge >= 0.3 is 0 Å². The molecule has 0 spiro atoms. The van der Waals surface area contributed by atoms with E-state index in [2.05, 4.69) is 32.9 Å². The lowest BCUT2D eigenvalue weighted by atomic mass is 9.90. The number of hydrogen-bond acceptors (Lipinski definition) is 1. The molecule has 18 heavy (non-hydrogen) atoms. The van der Waals surface area contributed by atoms with Crippen LogP contribution in [0, 0.1) is 20.8 Å². The van der Waals surface area contributed by atoms with E-state index in [9.17, 15) is 4.79 Å². The molecule has 0 saturated carbocycles. The SMILES string of the molecule is CC(=O)c1ccccc1-c1c(C)cc(C)cc1C. The number of ketones is 1. The monoisotopic (exact) mass is 238 g/mol. The number of Topliss-reactive ketones (excluding diaryl/α,β-unsaturated/α-hetero) is 1. The summed E-state index contributed by atoms with van der Waals surface area (Å²) in [5.74, 6) is 0.116. The van der Waals surface area contributed by atoms with Crippen molar-refractivity contribution in [3.05, 3.63) is 58.7 Å². The van der Waals surface area contributed by atoms with Gasteiger partial charge in [-0.25, -0.2) is 0 Å². The highest BCUT2D eigenvalue weighted by Crippen LogP contribution is 2.31. The van der Waals surface area contributed by atoms with Crippen molar-refractivity contribution in [3.63, 3.8) is 0 Å². The molecule has 2 aromatic carbocycles. The van der Waals surface area contributed by atoms with E-state index in [1.807, 2.05) is 24.3 Å². The fraction of sp³-hybridized carbons (Fsp3) is 0.235. The summed E-state index contributed by atoms with van der Waals surface area (Å²) in [6.45, 7) is 7.93. The summed E-state index contributed by atoms with van der Waals surface area (Å²) in [5.41, 5.74) is 6.73. The molecule has 2 aromatic rings. The summed E-state index contributed by atoms with van der Waals surface area (Å²) in [7, 11) is 0. The minimum atomic E-state index is 0.116. The average molecular weight is 238 g/mol. The fourth-order valence-corrected chi connectivity index (χ4v) is 2.61. The van der Waals surface area contributed by atoms with E-state index in [4.69, 9.17) is 0 Å². The predicted molar refractivity (Wildman–Crippen MR) is 76.1 cm³/mol. The van der Waals surface area contributed by atoms with E-state index < -0.39 is 0 Å². The number of aryl methyl sites for hydroxylation is 3. The van der Waals surface area contributed by atoms with Crippen LogP contribution in [0.4, 0.5) is 0 Å². The van der Waals surface area contributed by atoms with Crippen molar-refractivity contribution in [2.75, 3.05) is 0 Å². The molecule has 0 aliphatic carbocycles. The minimum absolute atomic E-state index is 0.116. The number of rotatable bonds is 2. The van der Waals surface area contributed by atoms with E-state index in [-0.39, 0.29) is 5.78 Å². The molecule has 0 bridgehead atoms. The fourth-order valence-electron chi connectivity index (χ4n) is 2.61. The standard InChI is InChI=1S/C17H18O/c1-11-9-12(2)17(13(3)10-11)16-8-6-5-7-15(16)14(4)18/h5-10H,1-4H3. The Balaban J connectivity index is 2.74. The zero-order chi connectivity index (χ0) is 13.3. The first kappa shape index (κ1) is 12.6. The average Bonchev–Trinajstić information content (AvgIpc) is 2.28. The third-order valence-corrected chi connectivity index (χ3v) is 3.25. The number of carbonyl (C=O) groups excluding carboxylic acids is 1. The molecule has 0 aromatic heterocycles. The molecule has 1 heteroatoms. The van der Waals surface area contributed by atoms with Crippen LogP contribution in [0.3, 0.4) is 0 Å². The molecule has 0 atom stereocenters. The summed E-state index contributed by atoms with van der Waals surface area (Å²) in [4.78, 5) is 11.7. The Bertz CT molecular complexity index is 586. The van der Waals surface area contributed by atoms with Gasteiger partial charge in [0.15, 0.2) is 5.78 Å². The highest BCUT2D eigenvalue weighted by atomic mass is 16.1. The summed E-state index contributed by atoms with van der Waals surface area (Å²) >= 11 is 0. The van der Waals surface area contributed by atoms with Crippen LogP contribution in [0.25, 0.3) is 11.1 Å². The minimum Gasteiger partial charge on any atom is -0.294 e. The summed E-state index contributed by atoms with van der Waals surface area (Å²) < 4.78 is 0. The van der Waals surface area contributed by atoms with Crippen LogP contribution in [0.5, 0.6) is 0 Å². The van der Waals surface area contributed by atoms with Gasteiger partial charge in [0.1, 0.15) is 0 Å². The lowest BCUT2D eigenvalue weighted by molar-refractivity contribution is 0.101. The molecule has 0 amide bonds. The van der Waals surface area contributed by atoms with Gasteiger partial charge in [-0.05, 0) is 49.9 Å². The Morgan fingerprint density at radius 3 is 2.06 bits per heavy atom. The van der Waals surface area contributed by atoms with Gasteiger partial charge in [0, 0.05) is 5.56 Å². The molecule has 0 aliphatic rings. The molecule has 1 nitrogen and oxygen atoms in total. The second-order valence-electron chi connectivity index (χ2n) is 4.88. The van der Waals surface area contributed by atoms with Crippen molar-refractivity contribution >= 4 is 5.78 Å². The van der Waals surface area contributed by atoms with Gasteiger partial charge in [0.05, 0.1) is 0 Å². The maximum Gasteiger partial charge on any atom is 0.160 e. The molecule has 0 aliphatic heterocycles. The summed E-state index contributed by atoms with van der Waals surface area (Å²) in [5, 5.41) is 0. The summed E-state index contributed by atoms with van der Waals surface area (Å²) in [6.07, 6.45) is 0. The lowest BCUT2D eigenvalue weighted by Gasteiger charge is -2.14. The molecule has 2 rings (SSSR count). The van der Waals surface area contributed by atoms with Gasteiger partial charge < -0.3 is 0 Å². The topological polar surface area (TPSA) is 17.1 Å². The third kappa shape index (κ3) is 2.21. The first-order valence-electron chi connectivity index (χ1n) is 6.19. The normalized spacial score (nSPS) is 10.4. The lowest BCUT2D eigenvalue weighted by Crippen LogP contribution is -1.98. The Morgan fingerprint density at radius 1 is 0.944 bits per heavy atom. The van der Waals surface area contributed by atoms with Crippen molar-refractivity contribution in [2.45, 2.75) is 27.7 Å². The Kier molecular flexibility index (Phi) is 3.33. The van der Waals surface area contributed by atoms with Gasteiger partial charge in [0.2, 0.25) is 0 Å². The van der Waals surface area contributed by atoms with Crippen molar-refractivity contribution in [2.24, 2.45) is 0 Å². The smallest absolute Gasteiger partial charge is 0.160 e. The zero-order valence-electron chi connectivity index (χ0n) is 11.4. The van der Waals surface area contributed by atoms with Crippen molar-refractivity contribution < 1.29 is 4.79 Å². The van der Waals surface area contributed by atoms with Crippen molar-refractivity contribution in [3.8, 4) is 11.1 Å². The Hall–Kier alpha value is -1.89. The molecule has 92 valence electrons. The number of carbonyl (C=O) groups is 1. The van der Waals surface area contributed by atoms with Crippen LogP contribution in [0.15, 0.2) is 36.4 Å². The maximum atomic E-state index is 11.7. The zero-order valence-corrected chi connectivity index (χ0v) is 11.4. The molecule has 0 saturated heterocycles. The van der Waals surface area contributed by atoms with Crippen LogP contribution < -0.4 is 0 Å². The van der Waals surface area contributed by atoms with Gasteiger partial charge in [-0.15, -0.1) is 0 Å². The predicted octanol–water partition coefficient (Wildman–Crippen LogP) is 4.48. The van der Waals surface area contributed by atoms with E-state index >= 15 is 0 Å². The van der Waals surface area contributed by atoms with E-state index in [0.29, 0.717) is 0 Å².